The predicted molar refractivity (Wildman–Crippen MR) is 86.1 cm³/mol. The van der Waals surface area contributed by atoms with E-state index < -0.39 is 0 Å². The van der Waals surface area contributed by atoms with Crippen LogP contribution in [0.1, 0.15) is 46.6 Å². The summed E-state index contributed by atoms with van der Waals surface area (Å²) in [6.45, 7) is 13.4. The molecule has 1 heterocycles. The predicted octanol–water partition coefficient (Wildman–Crippen LogP) is 5.23. The van der Waals surface area contributed by atoms with E-state index in [0.717, 1.165) is 17.1 Å². The number of nitrogens with zero attached hydrogens (tertiary/aromatic N) is 1. The number of benzene rings is 1. The lowest BCUT2D eigenvalue weighted by Gasteiger charge is -2.33. The van der Waals surface area contributed by atoms with Crippen molar-refractivity contribution in [3.8, 4) is 0 Å². The average molecular weight is 276 g/mol. The molecule has 0 aliphatic carbocycles. The van der Waals surface area contributed by atoms with E-state index >= 15 is 0 Å². The second kappa shape index (κ2) is 4.78. The van der Waals surface area contributed by atoms with Crippen LogP contribution in [0.15, 0.2) is 18.2 Å². The van der Waals surface area contributed by atoms with E-state index in [1.165, 1.54) is 10.3 Å². The molecule has 0 fully saturated rings. The molecule has 0 atom stereocenters. The van der Waals surface area contributed by atoms with Crippen molar-refractivity contribution in [3.05, 3.63) is 23.8 Å². The third kappa shape index (κ3) is 3.93. The third-order valence-electron chi connectivity index (χ3n) is 2.96. The van der Waals surface area contributed by atoms with Crippen LogP contribution in [-0.2, 0) is 0 Å². The minimum atomic E-state index is 0.0567. The number of hydrogen-bond acceptors (Lipinski definition) is 3. The zero-order chi connectivity index (χ0) is 14.3. The number of fused-ring (bicyclic) bond motifs is 1. The first-order valence-corrected chi connectivity index (χ1v) is 7.62. The molecule has 19 heavy (non-hydrogen) atoms. The topological polar surface area (TPSA) is 24.9 Å². The molecule has 0 saturated heterocycles. The van der Waals surface area contributed by atoms with Gasteiger partial charge in [-0.25, -0.2) is 4.98 Å². The van der Waals surface area contributed by atoms with Crippen molar-refractivity contribution < 1.29 is 0 Å². The summed E-state index contributed by atoms with van der Waals surface area (Å²) < 4.78 is 1.25. The van der Waals surface area contributed by atoms with Crippen LogP contribution in [0.25, 0.3) is 10.2 Å². The van der Waals surface area contributed by atoms with Crippen LogP contribution >= 0.6 is 11.3 Å². The molecule has 0 amide bonds. The Hall–Kier alpha value is -1.09. The minimum Gasteiger partial charge on any atom is -0.357 e. The second-order valence-corrected chi connectivity index (χ2v) is 8.27. The van der Waals surface area contributed by atoms with Crippen molar-refractivity contribution in [2.24, 2.45) is 5.41 Å². The van der Waals surface area contributed by atoms with E-state index in [1.807, 2.05) is 0 Å². The fraction of sp³-hybridized carbons (Fsp3) is 0.562. The first-order valence-electron chi connectivity index (χ1n) is 6.80. The molecule has 0 spiro atoms. The van der Waals surface area contributed by atoms with E-state index in [0.29, 0.717) is 5.41 Å². The molecule has 0 bridgehead atoms. The fourth-order valence-electron chi connectivity index (χ4n) is 2.75. The molecule has 2 rings (SSSR count). The van der Waals surface area contributed by atoms with E-state index in [9.17, 15) is 0 Å². The average Bonchev–Trinajstić information content (AvgIpc) is 2.53. The number of anilines is 1. The van der Waals surface area contributed by atoms with Gasteiger partial charge in [0.25, 0.3) is 0 Å². The highest BCUT2D eigenvalue weighted by Gasteiger charge is 2.26. The van der Waals surface area contributed by atoms with Gasteiger partial charge < -0.3 is 5.32 Å². The third-order valence-corrected chi connectivity index (χ3v) is 3.91. The van der Waals surface area contributed by atoms with Gasteiger partial charge in [-0.05, 0) is 50.3 Å². The number of aryl methyl sites for hydroxylation is 1. The Kier molecular flexibility index (Phi) is 3.61. The van der Waals surface area contributed by atoms with Gasteiger partial charge in [0.15, 0.2) is 5.13 Å². The summed E-state index contributed by atoms with van der Waals surface area (Å²) in [6.07, 6.45) is 1.11. The summed E-state index contributed by atoms with van der Waals surface area (Å²) in [5.74, 6) is 0. The summed E-state index contributed by atoms with van der Waals surface area (Å²) in [6, 6.07) is 6.45. The van der Waals surface area contributed by atoms with Crippen molar-refractivity contribution in [2.75, 3.05) is 5.32 Å². The lowest BCUT2D eigenvalue weighted by atomic mass is 9.82. The molecule has 104 valence electrons. The molecule has 1 N–H and O–H groups in total. The number of nitrogens with one attached hydrogen (secondary N) is 1. The normalized spacial score (nSPS) is 12.9. The van der Waals surface area contributed by atoms with Gasteiger partial charge in [0.05, 0.1) is 10.2 Å². The summed E-state index contributed by atoms with van der Waals surface area (Å²) >= 11 is 1.74. The Bertz CT molecular complexity index is 576. The standard InChI is InChI=1S/C16H24N2S/c1-11-7-8-13-12(9-11)17-14(19-13)18-16(5,6)10-15(2,3)4/h7-9H,10H2,1-6H3,(H,17,18). The van der Waals surface area contributed by atoms with Gasteiger partial charge in [-0.2, -0.15) is 0 Å². The van der Waals surface area contributed by atoms with Crippen molar-refractivity contribution >= 4 is 26.7 Å². The lowest BCUT2D eigenvalue weighted by Crippen LogP contribution is -2.35. The Morgan fingerprint density at radius 1 is 1.16 bits per heavy atom. The highest BCUT2D eigenvalue weighted by Crippen LogP contribution is 2.33. The Morgan fingerprint density at radius 3 is 2.47 bits per heavy atom. The van der Waals surface area contributed by atoms with E-state index in [2.05, 4.69) is 65.1 Å². The summed E-state index contributed by atoms with van der Waals surface area (Å²) in [5, 5.41) is 4.61. The summed E-state index contributed by atoms with van der Waals surface area (Å²) in [4.78, 5) is 4.70. The molecule has 1 aromatic carbocycles. The molecule has 0 aliphatic rings. The quantitative estimate of drug-likeness (QED) is 0.830. The summed E-state index contributed by atoms with van der Waals surface area (Å²) in [7, 11) is 0. The van der Waals surface area contributed by atoms with Crippen molar-refractivity contribution in [1.82, 2.24) is 4.98 Å². The molecule has 0 radical (unpaired) electrons. The van der Waals surface area contributed by atoms with Crippen LogP contribution in [0.2, 0.25) is 0 Å². The number of aromatic nitrogens is 1. The smallest absolute Gasteiger partial charge is 0.184 e. The van der Waals surface area contributed by atoms with Gasteiger partial charge in [-0.1, -0.05) is 38.2 Å². The van der Waals surface area contributed by atoms with Crippen molar-refractivity contribution in [3.63, 3.8) is 0 Å². The monoisotopic (exact) mass is 276 g/mol. The zero-order valence-electron chi connectivity index (χ0n) is 12.8. The van der Waals surface area contributed by atoms with Crippen LogP contribution in [0.3, 0.4) is 0 Å². The number of rotatable bonds is 3. The molecular weight excluding hydrogens is 252 g/mol. The van der Waals surface area contributed by atoms with Crippen molar-refractivity contribution in [2.45, 2.75) is 53.5 Å². The van der Waals surface area contributed by atoms with Gasteiger partial charge in [0, 0.05) is 5.54 Å². The second-order valence-electron chi connectivity index (χ2n) is 7.24. The molecule has 2 aromatic rings. The molecular formula is C16H24N2S. The van der Waals surface area contributed by atoms with Gasteiger partial charge in [0.1, 0.15) is 0 Å². The largest absolute Gasteiger partial charge is 0.357 e. The van der Waals surface area contributed by atoms with Crippen LogP contribution < -0.4 is 5.32 Å². The number of hydrogen-bond donors (Lipinski definition) is 1. The van der Waals surface area contributed by atoms with Gasteiger partial charge >= 0.3 is 0 Å². The van der Waals surface area contributed by atoms with Crippen LogP contribution in [0.4, 0.5) is 5.13 Å². The molecule has 3 heteroatoms. The van der Waals surface area contributed by atoms with Gasteiger partial charge in [-0.15, -0.1) is 0 Å². The highest BCUT2D eigenvalue weighted by molar-refractivity contribution is 7.22. The van der Waals surface area contributed by atoms with E-state index in [-0.39, 0.29) is 5.54 Å². The lowest BCUT2D eigenvalue weighted by molar-refractivity contribution is 0.302. The first-order chi connectivity index (χ1) is 8.65. The maximum atomic E-state index is 4.70. The molecule has 0 aliphatic heterocycles. The van der Waals surface area contributed by atoms with Gasteiger partial charge in [-0.3, -0.25) is 0 Å². The van der Waals surface area contributed by atoms with E-state index in [4.69, 9.17) is 4.98 Å². The minimum absolute atomic E-state index is 0.0567. The van der Waals surface area contributed by atoms with Crippen LogP contribution in [0, 0.1) is 12.3 Å². The fourth-order valence-corrected chi connectivity index (χ4v) is 3.78. The van der Waals surface area contributed by atoms with Crippen LogP contribution in [-0.4, -0.2) is 10.5 Å². The van der Waals surface area contributed by atoms with Crippen molar-refractivity contribution in [1.29, 1.82) is 0 Å². The maximum absolute atomic E-state index is 4.70. The van der Waals surface area contributed by atoms with E-state index in [1.54, 1.807) is 11.3 Å². The molecule has 0 saturated carbocycles. The molecule has 2 nitrogen and oxygen atoms in total. The first kappa shape index (κ1) is 14.3. The maximum Gasteiger partial charge on any atom is 0.184 e. The number of thiazole rings is 1. The molecule has 0 unspecified atom stereocenters. The van der Waals surface area contributed by atoms with Gasteiger partial charge in [0.2, 0.25) is 0 Å². The summed E-state index contributed by atoms with van der Waals surface area (Å²) in [5.41, 5.74) is 2.72. The zero-order valence-corrected chi connectivity index (χ0v) is 13.6. The molecule has 1 aromatic heterocycles. The highest BCUT2D eigenvalue weighted by atomic mass is 32.1. The Morgan fingerprint density at radius 2 is 1.84 bits per heavy atom. The Balaban J connectivity index is 2.21. The SMILES string of the molecule is Cc1ccc2sc(NC(C)(C)CC(C)(C)C)nc2c1. The Labute approximate surface area is 120 Å². The van der Waals surface area contributed by atoms with Crippen LogP contribution in [0.5, 0.6) is 0 Å².